The Morgan fingerprint density at radius 2 is 1.75 bits per heavy atom. The van der Waals surface area contributed by atoms with E-state index in [9.17, 15) is 4.79 Å². The molecule has 0 amide bonds. The van der Waals surface area contributed by atoms with Gasteiger partial charge in [-0.15, -0.1) is 5.10 Å². The van der Waals surface area contributed by atoms with Crippen molar-refractivity contribution < 1.29 is 0 Å². The van der Waals surface area contributed by atoms with Gasteiger partial charge in [0.15, 0.2) is 5.82 Å². The SMILES string of the molecule is CCCC(c1nnnn1C1CCCCC1)N(Cc1cc2c(C)cc(C)cc2[nH]c1=O)C1CCCCC1. The van der Waals surface area contributed by atoms with Gasteiger partial charge in [0, 0.05) is 29.1 Å². The quantitative estimate of drug-likeness (QED) is 0.400. The van der Waals surface area contributed by atoms with E-state index in [4.69, 9.17) is 0 Å². The number of benzene rings is 1. The molecule has 7 nitrogen and oxygen atoms in total. The molecule has 194 valence electrons. The van der Waals surface area contributed by atoms with Crippen molar-refractivity contribution in [3.8, 4) is 0 Å². The molecule has 1 unspecified atom stereocenters. The fourth-order valence-electron chi connectivity index (χ4n) is 6.66. The van der Waals surface area contributed by atoms with Crippen molar-refractivity contribution in [3.05, 3.63) is 51.1 Å². The van der Waals surface area contributed by atoms with Crippen LogP contribution in [0.15, 0.2) is 23.0 Å². The molecule has 1 atom stereocenters. The molecule has 0 spiro atoms. The molecule has 2 heterocycles. The lowest BCUT2D eigenvalue weighted by Crippen LogP contribution is -2.41. The monoisotopic (exact) mass is 490 g/mol. The first kappa shape index (κ1) is 25.1. The molecule has 2 fully saturated rings. The van der Waals surface area contributed by atoms with E-state index >= 15 is 0 Å². The number of hydrogen-bond acceptors (Lipinski definition) is 5. The van der Waals surface area contributed by atoms with Crippen molar-refractivity contribution in [1.82, 2.24) is 30.1 Å². The fourth-order valence-corrected chi connectivity index (χ4v) is 6.66. The summed E-state index contributed by atoms with van der Waals surface area (Å²) in [5.74, 6) is 0.998. The van der Waals surface area contributed by atoms with Crippen LogP contribution in [0, 0.1) is 13.8 Å². The normalized spacial score (nSPS) is 18.8. The standard InChI is InChI=1S/C29H42N6O/c1-4-11-27(28-31-32-33-35(28)24-14-9-6-10-15-24)34(23-12-7-5-8-13-23)19-22-18-25-21(3)16-20(2)17-26(25)30-29(22)36/h16-18,23-24,27H,4-15,19H2,1-3H3,(H,30,36). The first-order chi connectivity index (χ1) is 17.5. The van der Waals surface area contributed by atoms with E-state index in [2.05, 4.69) is 69.1 Å². The van der Waals surface area contributed by atoms with Crippen molar-refractivity contribution in [2.24, 2.45) is 0 Å². The van der Waals surface area contributed by atoms with E-state index < -0.39 is 0 Å². The van der Waals surface area contributed by atoms with Crippen molar-refractivity contribution in [3.63, 3.8) is 0 Å². The summed E-state index contributed by atoms with van der Waals surface area (Å²) in [5, 5.41) is 14.5. The zero-order valence-corrected chi connectivity index (χ0v) is 22.3. The molecule has 0 aliphatic heterocycles. The molecule has 2 aliphatic rings. The first-order valence-electron chi connectivity index (χ1n) is 14.2. The van der Waals surface area contributed by atoms with Crippen LogP contribution in [0.2, 0.25) is 0 Å². The van der Waals surface area contributed by atoms with Gasteiger partial charge in [-0.3, -0.25) is 9.69 Å². The van der Waals surface area contributed by atoms with Crippen molar-refractivity contribution in [2.75, 3.05) is 0 Å². The number of aromatic nitrogens is 5. The number of pyridine rings is 1. The second-order valence-corrected chi connectivity index (χ2v) is 11.2. The number of H-pyrrole nitrogens is 1. The second kappa shape index (κ2) is 11.2. The van der Waals surface area contributed by atoms with Gasteiger partial charge in [0.25, 0.3) is 5.56 Å². The molecule has 2 aliphatic carbocycles. The first-order valence-corrected chi connectivity index (χ1v) is 14.2. The molecule has 5 rings (SSSR count). The van der Waals surface area contributed by atoms with Crippen LogP contribution in [0.3, 0.4) is 0 Å². The number of tetrazole rings is 1. The largest absolute Gasteiger partial charge is 0.322 e. The predicted molar refractivity (Wildman–Crippen MR) is 144 cm³/mol. The summed E-state index contributed by atoms with van der Waals surface area (Å²) in [6.45, 7) is 7.09. The van der Waals surface area contributed by atoms with E-state index in [1.807, 2.05) is 0 Å². The zero-order chi connectivity index (χ0) is 25.1. The molecule has 1 N–H and O–H groups in total. The maximum Gasteiger partial charge on any atom is 0.252 e. The third-order valence-electron chi connectivity index (χ3n) is 8.49. The maximum atomic E-state index is 13.3. The Morgan fingerprint density at radius 3 is 2.47 bits per heavy atom. The predicted octanol–water partition coefficient (Wildman–Crippen LogP) is 6.31. The Morgan fingerprint density at radius 1 is 1.03 bits per heavy atom. The van der Waals surface area contributed by atoms with Gasteiger partial charge in [-0.25, -0.2) is 4.68 Å². The highest BCUT2D eigenvalue weighted by molar-refractivity contribution is 5.83. The average Bonchev–Trinajstić information content (AvgIpc) is 3.37. The number of fused-ring (bicyclic) bond motifs is 1. The molecule has 2 aromatic heterocycles. The Bertz CT molecular complexity index is 1220. The van der Waals surface area contributed by atoms with Crippen molar-refractivity contribution >= 4 is 10.9 Å². The summed E-state index contributed by atoms with van der Waals surface area (Å²) in [7, 11) is 0. The highest BCUT2D eigenvalue weighted by Gasteiger charge is 2.34. The Labute approximate surface area is 214 Å². The third kappa shape index (κ3) is 5.26. The van der Waals surface area contributed by atoms with Gasteiger partial charge in [0.2, 0.25) is 0 Å². The minimum Gasteiger partial charge on any atom is -0.322 e. The lowest BCUT2D eigenvalue weighted by atomic mass is 9.91. The topological polar surface area (TPSA) is 79.7 Å². The molecular formula is C29H42N6O. The van der Waals surface area contributed by atoms with Crippen molar-refractivity contribution in [1.29, 1.82) is 0 Å². The van der Waals surface area contributed by atoms with Gasteiger partial charge >= 0.3 is 0 Å². The molecular weight excluding hydrogens is 448 g/mol. The van der Waals surface area contributed by atoms with Gasteiger partial charge in [-0.05, 0) is 79.6 Å². The summed E-state index contributed by atoms with van der Waals surface area (Å²) in [6.07, 6.45) is 14.3. The molecule has 36 heavy (non-hydrogen) atoms. The average molecular weight is 491 g/mol. The van der Waals surface area contributed by atoms with Gasteiger partial charge in [0.1, 0.15) is 0 Å². The highest BCUT2D eigenvalue weighted by Crippen LogP contribution is 2.36. The van der Waals surface area contributed by atoms with Crippen LogP contribution in [0.5, 0.6) is 0 Å². The lowest BCUT2D eigenvalue weighted by molar-refractivity contribution is 0.0789. The molecule has 0 bridgehead atoms. The van der Waals surface area contributed by atoms with Crippen LogP contribution in [0.4, 0.5) is 0 Å². The van der Waals surface area contributed by atoms with Crippen LogP contribution in [-0.2, 0) is 6.54 Å². The smallest absolute Gasteiger partial charge is 0.252 e. The lowest BCUT2D eigenvalue weighted by Gasteiger charge is -2.40. The summed E-state index contributed by atoms with van der Waals surface area (Å²) >= 11 is 0. The summed E-state index contributed by atoms with van der Waals surface area (Å²) in [4.78, 5) is 19.1. The molecule has 0 saturated heterocycles. The summed E-state index contributed by atoms with van der Waals surface area (Å²) in [5.41, 5.74) is 4.17. The van der Waals surface area contributed by atoms with Crippen LogP contribution in [0.1, 0.15) is 119 Å². The van der Waals surface area contributed by atoms with Gasteiger partial charge in [-0.1, -0.05) is 57.9 Å². The molecule has 3 aromatic rings. The molecule has 2 saturated carbocycles. The molecule has 1 aromatic carbocycles. The fraction of sp³-hybridized carbons (Fsp3) is 0.655. The molecule has 0 radical (unpaired) electrons. The van der Waals surface area contributed by atoms with Gasteiger partial charge in [-0.2, -0.15) is 0 Å². The molecule has 7 heteroatoms. The van der Waals surface area contributed by atoms with Crippen molar-refractivity contribution in [2.45, 2.75) is 122 Å². The number of nitrogens with zero attached hydrogens (tertiary/aromatic N) is 5. The van der Waals surface area contributed by atoms with E-state index in [1.54, 1.807) is 0 Å². The number of hydrogen-bond donors (Lipinski definition) is 1. The number of aromatic amines is 1. The zero-order valence-electron chi connectivity index (χ0n) is 22.3. The van der Waals surface area contributed by atoms with E-state index in [1.165, 1.54) is 62.5 Å². The van der Waals surface area contributed by atoms with Gasteiger partial charge < -0.3 is 4.98 Å². The van der Waals surface area contributed by atoms with Gasteiger partial charge in [0.05, 0.1) is 12.1 Å². The van der Waals surface area contributed by atoms with E-state index in [0.717, 1.165) is 48.0 Å². The van der Waals surface area contributed by atoms with Crippen LogP contribution in [0.25, 0.3) is 10.9 Å². The summed E-state index contributed by atoms with van der Waals surface area (Å²) < 4.78 is 2.15. The maximum absolute atomic E-state index is 13.3. The van der Waals surface area contributed by atoms with E-state index in [0.29, 0.717) is 18.6 Å². The Hall–Kier alpha value is -2.54. The number of aryl methyl sites for hydroxylation is 2. The van der Waals surface area contributed by atoms with Crippen LogP contribution >= 0.6 is 0 Å². The minimum atomic E-state index is 0.0235. The number of rotatable bonds is 8. The Kier molecular flexibility index (Phi) is 7.85. The second-order valence-electron chi connectivity index (χ2n) is 11.2. The highest BCUT2D eigenvalue weighted by atomic mass is 16.1. The summed E-state index contributed by atoms with van der Waals surface area (Å²) in [6, 6.07) is 7.36. The number of nitrogens with one attached hydrogen (secondary N) is 1. The third-order valence-corrected chi connectivity index (χ3v) is 8.49. The van der Waals surface area contributed by atoms with E-state index in [-0.39, 0.29) is 11.6 Å². The Balaban J connectivity index is 1.54. The van der Waals surface area contributed by atoms with Crippen LogP contribution in [-0.4, -0.2) is 36.1 Å². The minimum absolute atomic E-state index is 0.0235. The van der Waals surface area contributed by atoms with Crippen LogP contribution < -0.4 is 5.56 Å².